The van der Waals surface area contributed by atoms with E-state index in [0.29, 0.717) is 48.9 Å². The van der Waals surface area contributed by atoms with Crippen LogP contribution in [0.1, 0.15) is 61.8 Å². The van der Waals surface area contributed by atoms with Gasteiger partial charge in [0.15, 0.2) is 5.69 Å². The molecule has 1 fully saturated rings. The van der Waals surface area contributed by atoms with Crippen LogP contribution in [0.25, 0.3) is 0 Å². The van der Waals surface area contributed by atoms with E-state index in [1.807, 2.05) is 27.7 Å². The minimum atomic E-state index is -0.637. The molecule has 1 atom stereocenters. The van der Waals surface area contributed by atoms with Gasteiger partial charge in [-0.2, -0.15) is 5.10 Å². The number of nitrogens with two attached hydrogens (primary N) is 1. The molecule has 2 amide bonds. The number of amides is 2. The van der Waals surface area contributed by atoms with E-state index in [4.69, 9.17) is 19.9 Å². The van der Waals surface area contributed by atoms with Crippen molar-refractivity contribution in [1.82, 2.24) is 14.7 Å². The molecular weight excluding hydrogens is 450 g/mol. The van der Waals surface area contributed by atoms with E-state index in [1.165, 1.54) is 0 Å². The Kier molecular flexibility index (Phi) is 7.79. The molecule has 2 aromatic rings. The number of hydrogen-bond acceptors (Lipinski definition) is 7. The van der Waals surface area contributed by atoms with E-state index in [9.17, 15) is 9.59 Å². The molecule has 0 spiro atoms. The van der Waals surface area contributed by atoms with Crippen molar-refractivity contribution < 1.29 is 23.8 Å². The first kappa shape index (κ1) is 25.7. The van der Waals surface area contributed by atoms with Crippen molar-refractivity contribution in [3.05, 3.63) is 35.0 Å². The van der Waals surface area contributed by atoms with Gasteiger partial charge in [-0.15, -0.1) is 0 Å². The zero-order chi connectivity index (χ0) is 25.8. The number of nitrogens with zero attached hydrogens (tertiary/aromatic N) is 3. The van der Waals surface area contributed by atoms with Crippen LogP contribution in [0.4, 0.5) is 10.6 Å². The summed E-state index contributed by atoms with van der Waals surface area (Å²) in [5, 5.41) is 7.84. The second-order valence-corrected chi connectivity index (χ2v) is 9.13. The maximum Gasteiger partial charge on any atom is 0.410 e. The fraction of sp³-hybridized carbons (Fsp3) is 0.480. The number of ether oxygens (including phenoxy) is 3. The Morgan fingerprint density at radius 1 is 1.17 bits per heavy atom. The van der Waals surface area contributed by atoms with Crippen LogP contribution in [-0.2, 0) is 4.74 Å². The molecule has 188 valence electrons. The number of carbonyl (C=O) groups is 2. The number of carbonyl (C=O) groups excluding carboxylic acids is 2. The predicted molar refractivity (Wildman–Crippen MR) is 132 cm³/mol. The Morgan fingerprint density at radius 3 is 2.37 bits per heavy atom. The van der Waals surface area contributed by atoms with Crippen molar-refractivity contribution in [2.75, 3.05) is 39.2 Å². The minimum absolute atomic E-state index is 0.165. The monoisotopic (exact) mass is 483 g/mol. The average Bonchev–Trinajstić information content (AvgIpc) is 3.41. The maximum absolute atomic E-state index is 12.5. The van der Waals surface area contributed by atoms with Gasteiger partial charge in [0.1, 0.15) is 28.5 Å². The second kappa shape index (κ2) is 10.6. The third-order valence-electron chi connectivity index (χ3n) is 5.34. The van der Waals surface area contributed by atoms with Crippen LogP contribution >= 0.6 is 0 Å². The van der Waals surface area contributed by atoms with Crippen molar-refractivity contribution in [2.24, 2.45) is 5.73 Å². The van der Waals surface area contributed by atoms with Gasteiger partial charge >= 0.3 is 6.09 Å². The van der Waals surface area contributed by atoms with Crippen molar-refractivity contribution >= 4 is 17.8 Å². The Labute approximate surface area is 205 Å². The first-order chi connectivity index (χ1) is 16.6. The molecule has 3 N–H and O–H groups in total. The zero-order valence-corrected chi connectivity index (χ0v) is 21.1. The van der Waals surface area contributed by atoms with Crippen LogP contribution in [-0.4, -0.2) is 66.1 Å². The van der Waals surface area contributed by atoms with E-state index in [-0.39, 0.29) is 23.4 Å². The third kappa shape index (κ3) is 6.18. The summed E-state index contributed by atoms with van der Waals surface area (Å²) < 4.78 is 17.8. The first-order valence-corrected chi connectivity index (χ1v) is 11.5. The summed E-state index contributed by atoms with van der Waals surface area (Å²) in [6, 6.07) is 5.10. The molecule has 1 aliphatic rings. The van der Waals surface area contributed by atoms with Gasteiger partial charge in [0.05, 0.1) is 20.3 Å². The number of hydrogen-bond donors (Lipinski definition) is 2. The van der Waals surface area contributed by atoms with Crippen LogP contribution in [0.2, 0.25) is 0 Å². The van der Waals surface area contributed by atoms with Crippen LogP contribution in [0.3, 0.4) is 0 Å². The van der Waals surface area contributed by atoms with Gasteiger partial charge in [-0.3, -0.25) is 4.79 Å². The lowest BCUT2D eigenvalue weighted by molar-refractivity contribution is 0.0288. The Morgan fingerprint density at radius 2 is 1.83 bits per heavy atom. The molecule has 2 heterocycles. The summed E-state index contributed by atoms with van der Waals surface area (Å²) >= 11 is 0. The highest BCUT2D eigenvalue weighted by Crippen LogP contribution is 2.30. The molecular formula is C25H33N5O5. The number of benzene rings is 1. The molecule has 0 radical (unpaired) electrons. The minimum Gasteiger partial charge on any atom is -0.497 e. The molecule has 0 bridgehead atoms. The molecule has 1 aliphatic heterocycles. The largest absolute Gasteiger partial charge is 0.497 e. The molecule has 3 rings (SSSR count). The molecule has 1 aromatic carbocycles. The molecule has 1 unspecified atom stereocenters. The second-order valence-electron chi connectivity index (χ2n) is 9.13. The third-order valence-corrected chi connectivity index (χ3v) is 5.34. The number of rotatable bonds is 6. The molecule has 10 nitrogen and oxygen atoms in total. The van der Waals surface area contributed by atoms with Gasteiger partial charge in [-0.05, 0) is 52.2 Å². The summed E-state index contributed by atoms with van der Waals surface area (Å²) in [7, 11) is 3.12. The fourth-order valence-electron chi connectivity index (χ4n) is 3.80. The van der Waals surface area contributed by atoms with E-state index < -0.39 is 11.5 Å². The highest BCUT2D eigenvalue weighted by atomic mass is 16.6. The summed E-state index contributed by atoms with van der Waals surface area (Å²) in [5.41, 5.74) is 6.26. The van der Waals surface area contributed by atoms with E-state index in [2.05, 4.69) is 22.3 Å². The lowest BCUT2D eigenvalue weighted by Gasteiger charge is -2.24. The zero-order valence-electron chi connectivity index (χ0n) is 21.1. The summed E-state index contributed by atoms with van der Waals surface area (Å²) in [6.07, 6.45) is 0.275. The summed E-state index contributed by atoms with van der Waals surface area (Å²) in [4.78, 5) is 26.6. The van der Waals surface area contributed by atoms with Gasteiger partial charge in [-0.25, -0.2) is 9.48 Å². The normalized spacial score (nSPS) is 15.3. The Hall–Kier alpha value is -3.87. The Bertz CT molecular complexity index is 1130. The van der Waals surface area contributed by atoms with Crippen molar-refractivity contribution in [1.29, 1.82) is 0 Å². The molecule has 1 aromatic heterocycles. The smallest absolute Gasteiger partial charge is 0.410 e. The highest BCUT2D eigenvalue weighted by Gasteiger charge is 2.34. The Balaban J connectivity index is 1.97. The fourth-order valence-corrected chi connectivity index (χ4v) is 3.80. The van der Waals surface area contributed by atoms with Crippen molar-refractivity contribution in [3.63, 3.8) is 0 Å². The molecule has 10 heteroatoms. The van der Waals surface area contributed by atoms with Gasteiger partial charge < -0.3 is 30.2 Å². The topological polar surface area (TPSA) is 121 Å². The average molecular weight is 484 g/mol. The maximum atomic E-state index is 12.5. The summed E-state index contributed by atoms with van der Waals surface area (Å²) in [6.45, 7) is 8.87. The van der Waals surface area contributed by atoms with Gasteiger partial charge in [0, 0.05) is 31.3 Å². The first-order valence-electron chi connectivity index (χ1n) is 11.5. The molecule has 0 aliphatic carbocycles. The molecule has 35 heavy (non-hydrogen) atoms. The van der Waals surface area contributed by atoms with Crippen molar-refractivity contribution in [3.8, 4) is 23.3 Å². The van der Waals surface area contributed by atoms with E-state index in [1.54, 1.807) is 42.0 Å². The number of aromatic nitrogens is 2. The van der Waals surface area contributed by atoms with E-state index in [0.717, 1.165) is 0 Å². The van der Waals surface area contributed by atoms with Crippen LogP contribution < -0.4 is 20.5 Å². The number of methoxy groups -OCH3 is 2. The highest BCUT2D eigenvalue weighted by molar-refractivity contribution is 6.00. The van der Waals surface area contributed by atoms with Gasteiger partial charge in [0.25, 0.3) is 5.91 Å². The quantitative estimate of drug-likeness (QED) is 0.606. The number of anilines is 1. The molecule has 0 saturated carbocycles. The number of primary amides is 1. The lowest BCUT2D eigenvalue weighted by Crippen LogP contribution is -2.35. The van der Waals surface area contributed by atoms with Crippen LogP contribution in [0.5, 0.6) is 11.5 Å². The SMILES string of the molecule is CCNc1c(C(N)=O)c(C#Cc2cc(OC)cc(OC)c2)nn1C1CCN(C(=O)OC(C)(C)C)C1. The van der Waals surface area contributed by atoms with Crippen LogP contribution in [0.15, 0.2) is 18.2 Å². The number of nitrogens with one attached hydrogen (secondary N) is 1. The van der Waals surface area contributed by atoms with Gasteiger partial charge in [0.2, 0.25) is 0 Å². The van der Waals surface area contributed by atoms with E-state index >= 15 is 0 Å². The molecule has 1 saturated heterocycles. The standard InChI is InChI=1S/C25H33N5O5/c1-7-27-23-21(22(26)31)20(9-8-16-12-18(33-5)14-19(13-16)34-6)28-30(23)17-10-11-29(15-17)24(32)35-25(2,3)4/h12-14,17,27H,7,10-11,15H2,1-6H3,(H2,26,31). The van der Waals surface area contributed by atoms with Crippen LogP contribution in [0, 0.1) is 11.8 Å². The number of likely N-dealkylation sites (tertiary alicyclic amines) is 1. The predicted octanol–water partition coefficient (Wildman–Crippen LogP) is 3.01. The lowest BCUT2D eigenvalue weighted by atomic mass is 10.1. The van der Waals surface area contributed by atoms with Gasteiger partial charge in [-0.1, -0.05) is 5.92 Å². The van der Waals surface area contributed by atoms with Crippen molar-refractivity contribution in [2.45, 2.75) is 45.8 Å². The summed E-state index contributed by atoms with van der Waals surface area (Å²) in [5.74, 6) is 7.05.